The van der Waals surface area contributed by atoms with Crippen molar-refractivity contribution in [1.29, 1.82) is 0 Å². The van der Waals surface area contributed by atoms with Crippen LogP contribution in [0.2, 0.25) is 0 Å². The molecule has 140 valence electrons. The first-order chi connectivity index (χ1) is 12.3. The predicted octanol–water partition coefficient (Wildman–Crippen LogP) is 4.60. The molecule has 0 saturated heterocycles. The van der Waals surface area contributed by atoms with Gasteiger partial charge in [0.05, 0.1) is 17.1 Å². The fraction of sp³-hybridized carbons (Fsp3) is 0.429. The Bertz CT molecular complexity index is 888. The van der Waals surface area contributed by atoms with Crippen LogP contribution in [0.4, 0.5) is 5.69 Å². The molecule has 2 aromatic rings. The minimum atomic E-state index is -3.64. The van der Waals surface area contributed by atoms with E-state index in [4.69, 9.17) is 4.74 Å². The first kappa shape index (κ1) is 18.8. The number of rotatable bonds is 5. The summed E-state index contributed by atoms with van der Waals surface area (Å²) < 4.78 is 34.1. The smallest absolute Gasteiger partial charge is 0.264 e. The predicted molar refractivity (Wildman–Crippen MR) is 106 cm³/mol. The molecular formula is C21H27NO3S. The lowest BCUT2D eigenvalue weighted by atomic mass is 9.96. The Morgan fingerprint density at radius 3 is 2.50 bits per heavy atom. The average Bonchev–Trinajstić information content (AvgIpc) is 2.60. The van der Waals surface area contributed by atoms with Crippen LogP contribution < -0.4 is 9.04 Å². The van der Waals surface area contributed by atoms with Crippen molar-refractivity contribution < 1.29 is 13.2 Å². The fourth-order valence-corrected chi connectivity index (χ4v) is 5.00. The molecule has 0 amide bonds. The highest BCUT2D eigenvalue weighted by Crippen LogP contribution is 2.36. The molecular weight excluding hydrogens is 346 g/mol. The van der Waals surface area contributed by atoms with Crippen LogP contribution in [-0.4, -0.2) is 21.6 Å². The summed E-state index contributed by atoms with van der Waals surface area (Å²) >= 11 is 0. The van der Waals surface area contributed by atoms with Crippen LogP contribution in [0.15, 0.2) is 47.4 Å². The zero-order chi connectivity index (χ0) is 18.9. The van der Waals surface area contributed by atoms with Gasteiger partial charge in [-0.1, -0.05) is 52.0 Å². The first-order valence-electron chi connectivity index (χ1n) is 9.18. The zero-order valence-electron chi connectivity index (χ0n) is 15.9. The lowest BCUT2D eigenvalue weighted by molar-refractivity contribution is 0.316. The molecule has 0 radical (unpaired) electrons. The van der Waals surface area contributed by atoms with Crippen LogP contribution in [-0.2, 0) is 16.4 Å². The Hall–Kier alpha value is -2.01. The topological polar surface area (TPSA) is 46.6 Å². The molecule has 0 aromatic heterocycles. The van der Waals surface area contributed by atoms with Gasteiger partial charge in [0, 0.05) is 0 Å². The van der Waals surface area contributed by atoms with Crippen molar-refractivity contribution in [3.05, 3.63) is 53.6 Å². The maximum atomic E-state index is 13.5. The van der Waals surface area contributed by atoms with Gasteiger partial charge in [-0.15, -0.1) is 0 Å². The van der Waals surface area contributed by atoms with E-state index < -0.39 is 10.0 Å². The second-order valence-electron chi connectivity index (χ2n) is 7.51. The molecule has 5 heteroatoms. The summed E-state index contributed by atoms with van der Waals surface area (Å²) in [7, 11) is -3.64. The lowest BCUT2D eigenvalue weighted by Gasteiger charge is -2.31. The Morgan fingerprint density at radius 1 is 1.08 bits per heavy atom. The van der Waals surface area contributed by atoms with Gasteiger partial charge in [0.2, 0.25) is 0 Å². The van der Waals surface area contributed by atoms with E-state index in [1.165, 1.54) is 9.87 Å². The van der Waals surface area contributed by atoms with Gasteiger partial charge in [-0.3, -0.25) is 4.31 Å². The summed E-state index contributed by atoms with van der Waals surface area (Å²) in [5.74, 6) is 1.36. The number of ether oxygens (including phenoxy) is 1. The zero-order valence-corrected chi connectivity index (χ0v) is 16.7. The third-order valence-corrected chi connectivity index (χ3v) is 6.55. The van der Waals surface area contributed by atoms with E-state index in [0.717, 1.165) is 12.0 Å². The Labute approximate surface area is 156 Å². The van der Waals surface area contributed by atoms with Gasteiger partial charge in [-0.2, -0.15) is 0 Å². The molecule has 4 nitrogen and oxygen atoms in total. The third kappa shape index (κ3) is 3.58. The first-order valence-corrected chi connectivity index (χ1v) is 10.6. The summed E-state index contributed by atoms with van der Waals surface area (Å²) in [4.78, 5) is 0.410. The highest BCUT2D eigenvalue weighted by Gasteiger charge is 2.31. The van der Waals surface area contributed by atoms with Crippen molar-refractivity contribution >= 4 is 15.7 Å². The largest absolute Gasteiger partial charge is 0.489 e. The molecule has 0 bridgehead atoms. The SMILES string of the molecule is CC(C)Cc1cc(C(C)C)ccc1S(=O)(=O)N1CCOc2ccccc21. The second-order valence-corrected chi connectivity index (χ2v) is 9.34. The molecule has 0 spiro atoms. The second kappa shape index (κ2) is 7.31. The average molecular weight is 374 g/mol. The molecule has 26 heavy (non-hydrogen) atoms. The molecule has 1 heterocycles. The lowest BCUT2D eigenvalue weighted by Crippen LogP contribution is -2.38. The molecule has 0 unspecified atom stereocenters. The number of hydrogen-bond acceptors (Lipinski definition) is 3. The maximum Gasteiger partial charge on any atom is 0.264 e. The Morgan fingerprint density at radius 2 is 1.81 bits per heavy atom. The molecule has 0 fully saturated rings. The molecule has 2 aromatic carbocycles. The van der Waals surface area contributed by atoms with E-state index in [0.29, 0.717) is 41.3 Å². The minimum absolute atomic E-state index is 0.326. The van der Waals surface area contributed by atoms with Gasteiger partial charge in [0.25, 0.3) is 10.0 Å². The van der Waals surface area contributed by atoms with Crippen LogP contribution in [0.5, 0.6) is 5.75 Å². The van der Waals surface area contributed by atoms with Crippen molar-refractivity contribution in [1.82, 2.24) is 0 Å². The number of benzene rings is 2. The van der Waals surface area contributed by atoms with Gasteiger partial charge in [-0.05, 0) is 47.6 Å². The van der Waals surface area contributed by atoms with Crippen molar-refractivity contribution in [2.45, 2.75) is 44.9 Å². The molecule has 3 rings (SSSR count). The van der Waals surface area contributed by atoms with Crippen molar-refractivity contribution in [3.63, 3.8) is 0 Å². The van der Waals surface area contributed by atoms with Gasteiger partial charge in [0.15, 0.2) is 0 Å². The van der Waals surface area contributed by atoms with E-state index in [9.17, 15) is 8.42 Å². The monoisotopic (exact) mass is 373 g/mol. The minimum Gasteiger partial charge on any atom is -0.489 e. The standard InChI is InChI=1S/C21H27NO3S/c1-15(2)13-18-14-17(16(3)4)9-10-21(18)26(23,24)22-11-12-25-20-8-6-5-7-19(20)22/h5-10,14-16H,11-13H2,1-4H3. The quantitative estimate of drug-likeness (QED) is 0.770. The van der Waals surface area contributed by atoms with E-state index in [1.807, 2.05) is 24.3 Å². The Kier molecular flexibility index (Phi) is 5.28. The molecule has 0 N–H and O–H groups in total. The molecule has 1 aliphatic heterocycles. The van der Waals surface area contributed by atoms with Crippen molar-refractivity contribution in [2.75, 3.05) is 17.5 Å². The number of sulfonamides is 1. The molecule has 0 saturated carbocycles. The summed E-state index contributed by atoms with van der Waals surface area (Å²) in [5.41, 5.74) is 2.68. The third-order valence-electron chi connectivity index (χ3n) is 4.63. The van der Waals surface area contributed by atoms with Gasteiger partial charge in [-0.25, -0.2) is 8.42 Å². The summed E-state index contributed by atoms with van der Waals surface area (Å²) in [6.07, 6.45) is 0.737. The fourth-order valence-electron chi connectivity index (χ4n) is 3.32. The van der Waals surface area contributed by atoms with Crippen molar-refractivity contribution in [2.24, 2.45) is 5.92 Å². The van der Waals surface area contributed by atoms with Crippen LogP contribution in [0.3, 0.4) is 0 Å². The normalized spacial score (nSPS) is 14.5. The highest BCUT2D eigenvalue weighted by atomic mass is 32.2. The summed E-state index contributed by atoms with van der Waals surface area (Å²) in [6, 6.07) is 13.1. The number of hydrogen-bond donors (Lipinski definition) is 0. The Balaban J connectivity index is 2.10. The van der Waals surface area contributed by atoms with E-state index in [1.54, 1.807) is 12.1 Å². The van der Waals surface area contributed by atoms with Gasteiger partial charge in [0.1, 0.15) is 12.4 Å². The van der Waals surface area contributed by atoms with E-state index in [2.05, 4.69) is 33.8 Å². The van der Waals surface area contributed by atoms with Gasteiger partial charge < -0.3 is 4.74 Å². The van der Waals surface area contributed by atoms with Crippen molar-refractivity contribution in [3.8, 4) is 5.75 Å². The van der Waals surface area contributed by atoms with E-state index in [-0.39, 0.29) is 0 Å². The summed E-state index contributed by atoms with van der Waals surface area (Å²) in [6.45, 7) is 9.17. The van der Waals surface area contributed by atoms with Crippen LogP contribution in [0.25, 0.3) is 0 Å². The number of anilines is 1. The molecule has 1 aliphatic rings. The highest BCUT2D eigenvalue weighted by molar-refractivity contribution is 7.92. The molecule has 0 aliphatic carbocycles. The number of nitrogens with zero attached hydrogens (tertiary/aromatic N) is 1. The van der Waals surface area contributed by atoms with Crippen LogP contribution >= 0.6 is 0 Å². The number of fused-ring (bicyclic) bond motifs is 1. The molecule has 0 atom stereocenters. The summed E-state index contributed by atoms with van der Waals surface area (Å²) in [5, 5.41) is 0. The van der Waals surface area contributed by atoms with Crippen LogP contribution in [0, 0.1) is 5.92 Å². The maximum absolute atomic E-state index is 13.5. The van der Waals surface area contributed by atoms with E-state index >= 15 is 0 Å². The van der Waals surface area contributed by atoms with Crippen LogP contribution in [0.1, 0.15) is 44.7 Å². The number of para-hydroxylation sites is 2. The van der Waals surface area contributed by atoms with Gasteiger partial charge >= 0.3 is 0 Å².